The molecule has 0 radical (unpaired) electrons. The van der Waals surface area contributed by atoms with Crippen LogP contribution in [-0.4, -0.2) is 37.9 Å². The van der Waals surface area contributed by atoms with Crippen LogP contribution in [0.5, 0.6) is 0 Å². The van der Waals surface area contributed by atoms with E-state index in [1.807, 2.05) is 0 Å². The predicted molar refractivity (Wildman–Crippen MR) is 66.3 cm³/mol. The number of hydrogen-bond donors (Lipinski definition) is 1. The second-order valence-corrected chi connectivity index (χ2v) is 7.36. The molecular weight excluding hydrogens is 234 g/mol. The molecule has 0 saturated carbocycles. The Balaban J connectivity index is 3.98. The van der Waals surface area contributed by atoms with Crippen LogP contribution in [0.15, 0.2) is 0 Å². The van der Waals surface area contributed by atoms with Crippen LogP contribution in [0.25, 0.3) is 0 Å². The first-order valence-corrected chi connectivity index (χ1v) is 7.57. The van der Waals surface area contributed by atoms with E-state index in [1.54, 1.807) is 13.8 Å². The molecule has 0 aliphatic carbocycles. The number of halogens is 1. The lowest BCUT2D eigenvalue weighted by Gasteiger charge is -2.20. The molecule has 0 saturated heterocycles. The van der Waals surface area contributed by atoms with Crippen molar-refractivity contribution in [2.75, 3.05) is 18.2 Å². The fraction of sp³-hybridized carbons (Fsp3) is 1.00. The topological polar surface area (TPSA) is 46.2 Å². The van der Waals surface area contributed by atoms with Crippen molar-refractivity contribution in [3.8, 4) is 0 Å². The van der Waals surface area contributed by atoms with Crippen LogP contribution >= 0.6 is 11.6 Å². The number of sulfone groups is 1. The van der Waals surface area contributed by atoms with Crippen molar-refractivity contribution in [3.63, 3.8) is 0 Å². The van der Waals surface area contributed by atoms with Crippen molar-refractivity contribution >= 4 is 21.4 Å². The summed E-state index contributed by atoms with van der Waals surface area (Å²) in [6.45, 7) is 8.03. The fourth-order valence-corrected chi connectivity index (χ4v) is 2.43. The highest BCUT2D eigenvalue weighted by Gasteiger charge is 2.17. The van der Waals surface area contributed by atoms with E-state index >= 15 is 0 Å². The summed E-state index contributed by atoms with van der Waals surface area (Å²) < 4.78 is 23.0. The molecule has 1 N–H and O–H groups in total. The third kappa shape index (κ3) is 5.73. The van der Waals surface area contributed by atoms with E-state index in [1.165, 1.54) is 0 Å². The molecule has 0 aromatic rings. The van der Waals surface area contributed by atoms with Gasteiger partial charge in [-0.15, -0.1) is 11.6 Å². The Morgan fingerprint density at radius 1 is 1.20 bits per heavy atom. The Labute approximate surface area is 98.5 Å². The maximum Gasteiger partial charge on any atom is 0.153 e. The zero-order valence-electron chi connectivity index (χ0n) is 9.96. The number of rotatable bonds is 7. The number of alkyl halides is 1. The molecule has 0 rings (SSSR count). The van der Waals surface area contributed by atoms with Crippen LogP contribution in [0, 0.1) is 5.92 Å². The maximum atomic E-state index is 11.5. The Kier molecular flexibility index (Phi) is 6.80. The lowest BCUT2D eigenvalue weighted by atomic mass is 10.1. The monoisotopic (exact) mass is 255 g/mol. The van der Waals surface area contributed by atoms with E-state index in [0.717, 1.165) is 0 Å². The Bertz CT molecular complexity index is 263. The van der Waals surface area contributed by atoms with Gasteiger partial charge in [0.25, 0.3) is 0 Å². The summed E-state index contributed by atoms with van der Waals surface area (Å²) in [5.74, 6) is 1.12. The van der Waals surface area contributed by atoms with Gasteiger partial charge in [-0.2, -0.15) is 0 Å². The molecule has 0 fully saturated rings. The quantitative estimate of drug-likeness (QED) is 0.704. The van der Waals surface area contributed by atoms with E-state index in [0.29, 0.717) is 18.3 Å². The first-order chi connectivity index (χ1) is 6.81. The molecule has 3 nitrogen and oxygen atoms in total. The Hall–Kier alpha value is 0.200. The van der Waals surface area contributed by atoms with Gasteiger partial charge in [-0.1, -0.05) is 13.8 Å². The van der Waals surface area contributed by atoms with Crippen molar-refractivity contribution in [2.24, 2.45) is 5.92 Å². The highest BCUT2D eigenvalue weighted by Crippen LogP contribution is 2.04. The van der Waals surface area contributed by atoms with Crippen molar-refractivity contribution in [3.05, 3.63) is 0 Å². The summed E-state index contributed by atoms with van der Waals surface area (Å²) in [7, 11) is -2.93. The molecule has 0 heterocycles. The van der Waals surface area contributed by atoms with Gasteiger partial charge < -0.3 is 5.32 Å². The summed E-state index contributed by atoms with van der Waals surface area (Å²) in [5, 5.41) is 2.87. The largest absolute Gasteiger partial charge is 0.312 e. The smallest absolute Gasteiger partial charge is 0.153 e. The van der Waals surface area contributed by atoms with Gasteiger partial charge in [0.05, 0.1) is 11.0 Å². The lowest BCUT2D eigenvalue weighted by Crippen LogP contribution is -2.39. The predicted octanol–water partition coefficient (Wildman–Crippen LogP) is 1.66. The first-order valence-electron chi connectivity index (χ1n) is 5.32. The van der Waals surface area contributed by atoms with Gasteiger partial charge in [-0.3, -0.25) is 0 Å². The van der Waals surface area contributed by atoms with E-state index in [4.69, 9.17) is 11.6 Å². The Morgan fingerprint density at radius 3 is 2.07 bits per heavy atom. The highest BCUT2D eigenvalue weighted by atomic mass is 35.5. The summed E-state index contributed by atoms with van der Waals surface area (Å²) in [5.41, 5.74) is 0. The SMILES string of the molecule is CC(C)C(CCl)NCCS(=O)(=O)C(C)C. The molecule has 15 heavy (non-hydrogen) atoms. The second-order valence-electron chi connectivity index (χ2n) is 4.37. The van der Waals surface area contributed by atoms with Gasteiger partial charge >= 0.3 is 0 Å². The van der Waals surface area contributed by atoms with Crippen molar-refractivity contribution in [2.45, 2.75) is 39.0 Å². The van der Waals surface area contributed by atoms with Gasteiger partial charge in [0.2, 0.25) is 0 Å². The van der Waals surface area contributed by atoms with Crippen LogP contribution in [0.2, 0.25) is 0 Å². The Morgan fingerprint density at radius 2 is 1.73 bits per heavy atom. The van der Waals surface area contributed by atoms with Crippen LogP contribution in [-0.2, 0) is 9.84 Å². The zero-order valence-corrected chi connectivity index (χ0v) is 11.5. The molecule has 5 heteroatoms. The summed E-state index contributed by atoms with van der Waals surface area (Å²) >= 11 is 5.76. The molecule has 0 aromatic carbocycles. The molecule has 0 aliphatic heterocycles. The van der Waals surface area contributed by atoms with Gasteiger partial charge in [-0.25, -0.2) is 8.42 Å². The van der Waals surface area contributed by atoms with E-state index in [-0.39, 0.29) is 17.0 Å². The van der Waals surface area contributed by atoms with Crippen LogP contribution in [0.3, 0.4) is 0 Å². The van der Waals surface area contributed by atoms with Crippen molar-refractivity contribution in [1.29, 1.82) is 0 Å². The molecule has 0 aliphatic rings. The van der Waals surface area contributed by atoms with Gasteiger partial charge in [0, 0.05) is 18.5 Å². The van der Waals surface area contributed by atoms with Gasteiger partial charge in [0.1, 0.15) is 0 Å². The van der Waals surface area contributed by atoms with Crippen LogP contribution in [0.1, 0.15) is 27.7 Å². The third-order valence-electron chi connectivity index (χ3n) is 2.48. The van der Waals surface area contributed by atoms with Crippen LogP contribution < -0.4 is 5.32 Å². The molecule has 1 unspecified atom stereocenters. The molecule has 0 bridgehead atoms. The normalized spacial score (nSPS) is 14.9. The average molecular weight is 256 g/mol. The lowest BCUT2D eigenvalue weighted by molar-refractivity contribution is 0.440. The number of hydrogen-bond acceptors (Lipinski definition) is 3. The first kappa shape index (κ1) is 15.2. The van der Waals surface area contributed by atoms with E-state index in [9.17, 15) is 8.42 Å². The minimum Gasteiger partial charge on any atom is -0.312 e. The fourth-order valence-electron chi connectivity index (χ4n) is 1.09. The van der Waals surface area contributed by atoms with Crippen LogP contribution in [0.4, 0.5) is 0 Å². The summed E-state index contributed by atoms with van der Waals surface area (Å²) in [6, 6.07) is 0.189. The summed E-state index contributed by atoms with van der Waals surface area (Å²) in [4.78, 5) is 0. The highest BCUT2D eigenvalue weighted by molar-refractivity contribution is 7.92. The summed E-state index contributed by atoms with van der Waals surface area (Å²) in [6.07, 6.45) is 0. The zero-order chi connectivity index (χ0) is 12.1. The number of nitrogens with one attached hydrogen (secondary N) is 1. The molecule has 1 atom stereocenters. The third-order valence-corrected chi connectivity index (χ3v) is 5.02. The van der Waals surface area contributed by atoms with Crippen molar-refractivity contribution in [1.82, 2.24) is 5.32 Å². The maximum absolute atomic E-state index is 11.5. The van der Waals surface area contributed by atoms with Crippen molar-refractivity contribution < 1.29 is 8.42 Å². The standard InChI is InChI=1S/C10H22ClNO2S/c1-8(2)10(7-11)12-5-6-15(13,14)9(3)4/h8-10,12H,5-7H2,1-4H3. The van der Waals surface area contributed by atoms with E-state index in [2.05, 4.69) is 19.2 Å². The van der Waals surface area contributed by atoms with Gasteiger partial charge in [-0.05, 0) is 19.8 Å². The average Bonchev–Trinajstić information content (AvgIpc) is 2.11. The molecule has 0 amide bonds. The second kappa shape index (κ2) is 6.71. The minimum absolute atomic E-state index is 0.185. The minimum atomic E-state index is -2.93. The van der Waals surface area contributed by atoms with E-state index < -0.39 is 9.84 Å². The molecule has 0 aromatic heterocycles. The molecule has 92 valence electrons. The molecular formula is C10H22ClNO2S. The van der Waals surface area contributed by atoms with Gasteiger partial charge in [0.15, 0.2) is 9.84 Å². The molecule has 0 spiro atoms.